The maximum absolute atomic E-state index is 13.4. The third-order valence-corrected chi connectivity index (χ3v) is 9.40. The first-order valence-corrected chi connectivity index (χ1v) is 19.7. The second kappa shape index (κ2) is 22.0. The van der Waals surface area contributed by atoms with Gasteiger partial charge in [0.1, 0.15) is 17.4 Å². The fourth-order valence-corrected chi connectivity index (χ4v) is 6.12. The molecular weight excluding hydrogens is 759 g/mol. The molecule has 0 radical (unpaired) electrons. The number of aryl methyl sites for hydroxylation is 2. The van der Waals surface area contributed by atoms with Crippen molar-refractivity contribution in [1.82, 2.24) is 35.2 Å². The van der Waals surface area contributed by atoms with Gasteiger partial charge in [-0.2, -0.15) is 16.9 Å². The normalized spacial score (nSPS) is 12.2. The number of ketones is 1. The minimum atomic E-state index is -1.04. The van der Waals surface area contributed by atoms with Crippen LogP contribution in [0.5, 0.6) is 0 Å². The number of urea groups is 1. The summed E-state index contributed by atoms with van der Waals surface area (Å²) in [4.78, 5) is 76.3. The molecule has 4 aromatic rings. The Labute approximate surface area is 332 Å². The number of hydrogen-bond acceptors (Lipinski definition) is 13. The van der Waals surface area contributed by atoms with Crippen LogP contribution in [-0.4, -0.2) is 94.3 Å². The number of rotatable bonds is 19. The SMILES string of the molecule is CSC[C@H](N)C(=O)O.Cc1nnc(-c2cc(-c3ccc(NC(=O)N4Cc5ccncc5C4)cc3)nn(CCCCCCNC(=O)CCC(=O)CCC(=O)O)c2=O)o1. The third-order valence-electron chi connectivity index (χ3n) is 8.71. The largest absolute Gasteiger partial charge is 0.481 e. The Kier molecular flexibility index (Phi) is 16.9. The number of nitrogens with zero attached hydrogens (tertiary/aromatic N) is 6. The smallest absolute Gasteiger partial charge is 0.322 e. The van der Waals surface area contributed by atoms with Crippen molar-refractivity contribution >= 4 is 47.1 Å². The highest BCUT2D eigenvalue weighted by molar-refractivity contribution is 7.98. The monoisotopic (exact) mass is 805 g/mol. The Morgan fingerprint density at radius 2 is 1.67 bits per heavy atom. The molecule has 304 valence electrons. The molecule has 19 heteroatoms. The standard InChI is InChI=1S/C34H38N8O7.C4H9NO2S/c1-22-38-39-32(49-22)28-18-29(23-6-8-26(9-7-23)37-34(48)41-20-24-14-16-35-19-25(24)21-41)40-42(33(28)47)17-5-3-2-4-15-36-30(44)12-10-27(43)11-13-31(45)46;1-8-2-3(5)4(6)7/h6-9,14,16,18-19H,2-5,10-13,15,17,20-21H2,1H3,(H,36,44)(H,37,48)(H,45,46);3H,2,5H2,1H3,(H,6,7)/t;3-/m.0/s1. The summed E-state index contributed by atoms with van der Waals surface area (Å²) in [5.74, 6) is -1.55. The number of anilines is 1. The summed E-state index contributed by atoms with van der Waals surface area (Å²) in [5.41, 5.74) is 8.96. The lowest BCUT2D eigenvalue weighted by Gasteiger charge is -2.16. The van der Waals surface area contributed by atoms with Crippen LogP contribution in [0.2, 0.25) is 0 Å². The maximum Gasteiger partial charge on any atom is 0.322 e. The molecule has 6 N–H and O–H groups in total. The van der Waals surface area contributed by atoms with Crippen LogP contribution in [0.4, 0.5) is 10.5 Å². The highest BCUT2D eigenvalue weighted by Crippen LogP contribution is 2.25. The number of carbonyl (C=O) groups is 5. The number of benzene rings is 1. The summed E-state index contributed by atoms with van der Waals surface area (Å²) in [6.45, 7) is 3.46. The lowest BCUT2D eigenvalue weighted by molar-refractivity contribution is -0.139. The highest BCUT2D eigenvalue weighted by Gasteiger charge is 2.23. The first kappa shape index (κ1) is 43.8. The van der Waals surface area contributed by atoms with Crippen LogP contribution < -0.4 is 21.9 Å². The minimum absolute atomic E-state index is 0.0262. The number of hydrogen-bond donors (Lipinski definition) is 5. The number of unbranched alkanes of at least 4 members (excludes halogenated alkanes) is 3. The molecule has 1 aliphatic rings. The number of aromatic nitrogens is 5. The minimum Gasteiger partial charge on any atom is -0.481 e. The number of amides is 3. The van der Waals surface area contributed by atoms with Crippen molar-refractivity contribution in [2.75, 3.05) is 23.9 Å². The zero-order valence-corrected chi connectivity index (χ0v) is 32.6. The predicted octanol–water partition coefficient (Wildman–Crippen LogP) is 3.86. The van der Waals surface area contributed by atoms with Crippen molar-refractivity contribution in [3.8, 4) is 22.7 Å². The van der Waals surface area contributed by atoms with Crippen LogP contribution in [0.15, 0.2) is 58.0 Å². The number of carboxylic acids is 2. The summed E-state index contributed by atoms with van der Waals surface area (Å²) < 4.78 is 6.97. The molecule has 57 heavy (non-hydrogen) atoms. The molecule has 0 aliphatic carbocycles. The van der Waals surface area contributed by atoms with E-state index in [1.807, 2.05) is 24.5 Å². The van der Waals surface area contributed by atoms with E-state index in [1.165, 1.54) is 16.4 Å². The molecule has 0 saturated carbocycles. The average molecular weight is 806 g/mol. The Morgan fingerprint density at radius 3 is 2.32 bits per heavy atom. The van der Waals surface area contributed by atoms with E-state index >= 15 is 0 Å². The Morgan fingerprint density at radius 1 is 0.947 bits per heavy atom. The number of aliphatic carboxylic acids is 2. The molecular formula is C38H47N9O9S. The molecule has 1 atom stereocenters. The van der Waals surface area contributed by atoms with Crippen molar-refractivity contribution in [1.29, 1.82) is 0 Å². The Bertz CT molecular complexity index is 2050. The van der Waals surface area contributed by atoms with Gasteiger partial charge in [-0.05, 0) is 54.5 Å². The second-order valence-corrected chi connectivity index (χ2v) is 14.1. The number of nitrogens with one attached hydrogen (secondary N) is 2. The average Bonchev–Trinajstić information content (AvgIpc) is 3.83. The second-order valence-electron chi connectivity index (χ2n) is 13.2. The van der Waals surface area contributed by atoms with Crippen LogP contribution in [0, 0.1) is 6.92 Å². The molecule has 0 saturated heterocycles. The van der Waals surface area contributed by atoms with Crippen molar-refractivity contribution in [3.63, 3.8) is 0 Å². The molecule has 1 aliphatic heterocycles. The van der Waals surface area contributed by atoms with E-state index in [2.05, 4.69) is 30.9 Å². The fourth-order valence-electron chi connectivity index (χ4n) is 5.61. The van der Waals surface area contributed by atoms with Gasteiger partial charge in [-0.3, -0.25) is 29.0 Å². The topological polar surface area (TPSA) is 266 Å². The van der Waals surface area contributed by atoms with Gasteiger partial charge in [-0.25, -0.2) is 9.48 Å². The van der Waals surface area contributed by atoms with E-state index in [0.717, 1.165) is 36.0 Å². The van der Waals surface area contributed by atoms with E-state index < -0.39 is 18.0 Å². The summed E-state index contributed by atoms with van der Waals surface area (Å²) in [7, 11) is 0. The zero-order chi connectivity index (χ0) is 41.3. The van der Waals surface area contributed by atoms with E-state index in [4.69, 9.17) is 20.4 Å². The summed E-state index contributed by atoms with van der Waals surface area (Å²) in [5, 5.41) is 35.1. The van der Waals surface area contributed by atoms with Gasteiger partial charge >= 0.3 is 18.0 Å². The van der Waals surface area contributed by atoms with Gasteiger partial charge < -0.3 is 35.9 Å². The van der Waals surface area contributed by atoms with Crippen LogP contribution in [-0.2, 0) is 38.8 Å². The number of pyridine rings is 1. The molecule has 1 aromatic carbocycles. The number of thioether (sulfide) groups is 1. The fraction of sp³-hybridized carbons (Fsp3) is 0.421. The lowest BCUT2D eigenvalue weighted by Crippen LogP contribution is -2.32. The van der Waals surface area contributed by atoms with Crippen LogP contribution in [0.3, 0.4) is 0 Å². The molecule has 18 nitrogen and oxygen atoms in total. The number of fused-ring (bicyclic) bond motifs is 1. The summed E-state index contributed by atoms with van der Waals surface area (Å²) in [6.07, 6.45) is 8.05. The zero-order valence-electron chi connectivity index (χ0n) is 31.8. The van der Waals surface area contributed by atoms with E-state index in [1.54, 1.807) is 42.4 Å². The highest BCUT2D eigenvalue weighted by atomic mass is 32.2. The number of nitrogens with two attached hydrogens (primary N) is 1. The summed E-state index contributed by atoms with van der Waals surface area (Å²) in [6, 6.07) is 9.82. The maximum atomic E-state index is 13.4. The van der Waals surface area contributed by atoms with Gasteiger partial charge in [0.05, 0.1) is 12.1 Å². The van der Waals surface area contributed by atoms with Gasteiger partial charge in [-0.1, -0.05) is 25.0 Å². The molecule has 5 rings (SSSR count). The van der Waals surface area contributed by atoms with Crippen molar-refractivity contribution in [3.05, 3.63) is 76.2 Å². The van der Waals surface area contributed by atoms with E-state index in [-0.39, 0.29) is 60.4 Å². The van der Waals surface area contributed by atoms with Gasteiger partial charge in [0.2, 0.25) is 11.8 Å². The van der Waals surface area contributed by atoms with Gasteiger partial charge in [0.15, 0.2) is 0 Å². The molecule has 0 bridgehead atoms. The number of carboxylic acid groups (broad SMARTS) is 2. The first-order valence-electron chi connectivity index (χ1n) is 18.3. The molecule has 0 fully saturated rings. The van der Waals surface area contributed by atoms with Gasteiger partial charge in [-0.15, -0.1) is 10.2 Å². The molecule has 3 amide bonds. The van der Waals surface area contributed by atoms with Crippen molar-refractivity contribution < 1.29 is 38.6 Å². The summed E-state index contributed by atoms with van der Waals surface area (Å²) >= 11 is 1.43. The number of Topliss-reactive ketones (excluding diaryl/α,β-unsaturated/α-hetero) is 1. The van der Waals surface area contributed by atoms with Crippen molar-refractivity contribution in [2.24, 2.45) is 5.73 Å². The molecule has 4 heterocycles. The molecule has 3 aromatic heterocycles. The lowest BCUT2D eigenvalue weighted by atomic mass is 10.1. The number of carbonyl (C=O) groups excluding carboxylic acids is 3. The van der Waals surface area contributed by atoms with Gasteiger partial charge in [0.25, 0.3) is 11.4 Å². The Balaban J connectivity index is 0.000000812. The molecule has 0 unspecified atom stereocenters. The van der Waals surface area contributed by atoms with Crippen LogP contribution >= 0.6 is 11.8 Å². The van der Waals surface area contributed by atoms with Crippen LogP contribution in [0.25, 0.3) is 22.7 Å². The Hall–Kier alpha value is -5.95. The van der Waals surface area contributed by atoms with Crippen LogP contribution in [0.1, 0.15) is 68.4 Å². The quantitative estimate of drug-likeness (QED) is 0.0843. The first-order chi connectivity index (χ1) is 27.3. The van der Waals surface area contributed by atoms with E-state index in [0.29, 0.717) is 55.6 Å². The third kappa shape index (κ3) is 13.9. The van der Waals surface area contributed by atoms with Gasteiger partial charge in [0, 0.05) is 81.8 Å². The predicted molar refractivity (Wildman–Crippen MR) is 211 cm³/mol. The van der Waals surface area contributed by atoms with E-state index in [9.17, 15) is 28.8 Å². The van der Waals surface area contributed by atoms with Crippen molar-refractivity contribution in [2.45, 2.75) is 84.0 Å². The molecule has 0 spiro atoms.